The number of cyclic esters (lactones) is 1. The molecule has 2 aliphatic heterocycles. The number of carbonyl (C=O) groups excluding carboxylic acids is 2. The van der Waals surface area contributed by atoms with Crippen molar-refractivity contribution in [2.24, 2.45) is 0 Å². The highest BCUT2D eigenvalue weighted by molar-refractivity contribution is 5.94. The highest BCUT2D eigenvalue weighted by Crippen LogP contribution is 2.50. The van der Waals surface area contributed by atoms with Crippen molar-refractivity contribution in [2.45, 2.75) is 70.8 Å². The van der Waals surface area contributed by atoms with Gasteiger partial charge >= 0.3 is 12.1 Å². The number of fused-ring (bicyclic) bond motifs is 5. The lowest BCUT2D eigenvalue weighted by atomic mass is 9.74. The largest absolute Gasteiger partial charge is 0.460 e. The fourth-order valence-electron chi connectivity index (χ4n) is 6.43. The van der Waals surface area contributed by atoms with E-state index < -0.39 is 53.6 Å². The minimum absolute atomic E-state index is 0.0140. The number of esters is 1. The molecule has 2 atom stereocenters. The highest BCUT2D eigenvalue weighted by Gasteiger charge is 2.64. The number of halogens is 4. The second-order valence-electron chi connectivity index (χ2n) is 10.1. The van der Waals surface area contributed by atoms with Gasteiger partial charge in [0.25, 0.3) is 5.56 Å². The summed E-state index contributed by atoms with van der Waals surface area (Å²) in [5.41, 5.74) is -1.18. The molecule has 3 aromatic rings. The van der Waals surface area contributed by atoms with Gasteiger partial charge in [0.15, 0.2) is 5.41 Å². The number of nitrogens with zero attached hydrogens (tertiary/aromatic N) is 2. The maximum Gasteiger partial charge on any atom is 0.408 e. The summed E-state index contributed by atoms with van der Waals surface area (Å²) in [6, 6.07) is 2.04. The Morgan fingerprint density at radius 1 is 1.24 bits per heavy atom. The lowest BCUT2D eigenvalue weighted by molar-refractivity contribution is -0.214. The van der Waals surface area contributed by atoms with E-state index in [0.717, 1.165) is 5.56 Å². The first-order chi connectivity index (χ1) is 17.9. The van der Waals surface area contributed by atoms with E-state index in [9.17, 15) is 31.9 Å². The first-order valence-electron chi connectivity index (χ1n) is 12.3. The van der Waals surface area contributed by atoms with Crippen molar-refractivity contribution in [3.63, 3.8) is 0 Å². The number of aryl methyl sites for hydroxylation is 1. The van der Waals surface area contributed by atoms with Crippen molar-refractivity contribution >= 4 is 22.8 Å². The average molecular weight is 529 g/mol. The molecule has 0 spiro atoms. The number of amides is 1. The Kier molecular flexibility index (Phi) is 5.09. The van der Waals surface area contributed by atoms with E-state index in [0.29, 0.717) is 40.4 Å². The molecule has 3 aliphatic rings. The fraction of sp³-hybridized carbons (Fsp3) is 0.407. The lowest BCUT2D eigenvalue weighted by Gasteiger charge is -2.37. The fourth-order valence-corrected chi connectivity index (χ4v) is 6.43. The van der Waals surface area contributed by atoms with Gasteiger partial charge in [-0.3, -0.25) is 14.4 Å². The van der Waals surface area contributed by atoms with Crippen LogP contribution in [0.2, 0.25) is 0 Å². The molecule has 0 bridgehead atoms. The molecule has 38 heavy (non-hydrogen) atoms. The van der Waals surface area contributed by atoms with Crippen molar-refractivity contribution in [3.8, 4) is 11.4 Å². The summed E-state index contributed by atoms with van der Waals surface area (Å²) in [6.45, 7) is 3.73. The number of hydrogen-bond donors (Lipinski definition) is 1. The zero-order valence-corrected chi connectivity index (χ0v) is 20.8. The number of ether oxygens (including phenoxy) is 1. The smallest absolute Gasteiger partial charge is 0.408 e. The van der Waals surface area contributed by atoms with E-state index >= 15 is 0 Å². The standard InChI is InChI=1S/C27H23F4N3O4/c1-4-26(27(29,30)31)16-7-20-23-14(9-34(20)24(36)15(16)10-38-25(26)37)22-18(32-12(3)35)6-5-13-11(2)17(28)8-19(33-23)21(13)22/h7-8,18H,4-6,9-10H2,1-3H3,(H,32,35)/t18-,26-/m0/s1. The van der Waals surface area contributed by atoms with Crippen LogP contribution in [-0.2, 0) is 39.3 Å². The van der Waals surface area contributed by atoms with Gasteiger partial charge in [0.05, 0.1) is 35.1 Å². The summed E-state index contributed by atoms with van der Waals surface area (Å²) in [7, 11) is 0. The van der Waals surface area contributed by atoms with Gasteiger partial charge in [-0.15, -0.1) is 0 Å². The SMILES string of the molecule is CC[C@@]1(C(F)(F)F)C(=O)OCc2c1cc1n(c2=O)Cc2c-1nc1cc(F)c(C)c3c1c2[C@@H](NC(C)=O)CC3. The summed E-state index contributed by atoms with van der Waals surface area (Å²) in [5, 5.41) is 3.62. The molecular weight excluding hydrogens is 506 g/mol. The Balaban J connectivity index is 1.69. The molecule has 0 saturated heterocycles. The van der Waals surface area contributed by atoms with E-state index in [4.69, 9.17) is 4.74 Å². The second-order valence-corrected chi connectivity index (χ2v) is 10.1. The van der Waals surface area contributed by atoms with Crippen LogP contribution in [0.15, 0.2) is 16.9 Å². The Morgan fingerprint density at radius 2 is 1.97 bits per heavy atom. The molecule has 1 aliphatic carbocycles. The molecule has 11 heteroatoms. The van der Waals surface area contributed by atoms with Gasteiger partial charge in [0.1, 0.15) is 12.4 Å². The lowest BCUT2D eigenvalue weighted by Crippen LogP contribution is -2.53. The first-order valence-corrected chi connectivity index (χ1v) is 12.3. The molecule has 0 unspecified atom stereocenters. The maximum atomic E-state index is 14.9. The third-order valence-corrected chi connectivity index (χ3v) is 8.28. The normalized spacial score (nSPS) is 21.6. The van der Waals surface area contributed by atoms with Gasteiger partial charge in [-0.2, -0.15) is 13.2 Å². The van der Waals surface area contributed by atoms with E-state index in [1.54, 1.807) is 6.92 Å². The van der Waals surface area contributed by atoms with Crippen LogP contribution in [0.3, 0.4) is 0 Å². The number of pyridine rings is 2. The number of carbonyl (C=O) groups is 2. The molecule has 0 fully saturated rings. The van der Waals surface area contributed by atoms with Gasteiger partial charge in [-0.05, 0) is 54.5 Å². The number of hydrogen-bond acceptors (Lipinski definition) is 5. The molecule has 7 nitrogen and oxygen atoms in total. The van der Waals surface area contributed by atoms with Crippen LogP contribution in [0.1, 0.15) is 66.1 Å². The molecule has 4 heterocycles. The van der Waals surface area contributed by atoms with Crippen molar-refractivity contribution in [2.75, 3.05) is 0 Å². The van der Waals surface area contributed by atoms with E-state index in [1.807, 2.05) is 0 Å². The summed E-state index contributed by atoms with van der Waals surface area (Å²) in [6.07, 6.45) is -4.66. The minimum atomic E-state index is -5.00. The number of nitrogens with one attached hydrogen (secondary N) is 1. The number of aromatic nitrogens is 2. The Hall–Kier alpha value is -3.76. The number of rotatable bonds is 2. The molecule has 1 amide bonds. The van der Waals surface area contributed by atoms with E-state index in [2.05, 4.69) is 10.3 Å². The van der Waals surface area contributed by atoms with Crippen LogP contribution in [0.4, 0.5) is 17.6 Å². The van der Waals surface area contributed by atoms with Gasteiger partial charge < -0.3 is 14.6 Å². The first kappa shape index (κ1) is 24.6. The van der Waals surface area contributed by atoms with Crippen LogP contribution in [0.5, 0.6) is 0 Å². The van der Waals surface area contributed by atoms with E-state index in [-0.39, 0.29) is 29.4 Å². The van der Waals surface area contributed by atoms with E-state index in [1.165, 1.54) is 30.5 Å². The predicted octanol–water partition coefficient (Wildman–Crippen LogP) is 4.26. The van der Waals surface area contributed by atoms with Crippen molar-refractivity contribution in [1.82, 2.24) is 14.9 Å². The average Bonchev–Trinajstić information content (AvgIpc) is 3.21. The molecule has 1 N–H and O–H groups in total. The third-order valence-electron chi connectivity index (χ3n) is 8.28. The molecule has 0 radical (unpaired) electrons. The van der Waals surface area contributed by atoms with Gasteiger partial charge in [-0.1, -0.05) is 6.92 Å². The Morgan fingerprint density at radius 3 is 2.63 bits per heavy atom. The summed E-state index contributed by atoms with van der Waals surface area (Å²) < 4.78 is 64.4. The second kappa shape index (κ2) is 7.87. The van der Waals surface area contributed by atoms with Crippen molar-refractivity contribution in [1.29, 1.82) is 0 Å². The molecule has 198 valence electrons. The third kappa shape index (κ3) is 3.01. The van der Waals surface area contributed by atoms with Crippen molar-refractivity contribution < 1.29 is 31.9 Å². The maximum absolute atomic E-state index is 14.9. The van der Waals surface area contributed by atoms with Crippen LogP contribution < -0.4 is 10.9 Å². The topological polar surface area (TPSA) is 90.3 Å². The zero-order chi connectivity index (χ0) is 27.3. The summed E-state index contributed by atoms with van der Waals surface area (Å²) >= 11 is 0. The van der Waals surface area contributed by atoms with Gasteiger partial charge in [-0.25, -0.2) is 9.37 Å². The van der Waals surface area contributed by atoms with Gasteiger partial charge in [0, 0.05) is 23.9 Å². The van der Waals surface area contributed by atoms with Crippen LogP contribution in [-0.4, -0.2) is 27.6 Å². The number of benzene rings is 1. The monoisotopic (exact) mass is 529 g/mol. The predicted molar refractivity (Wildman–Crippen MR) is 128 cm³/mol. The zero-order valence-electron chi connectivity index (χ0n) is 20.8. The minimum Gasteiger partial charge on any atom is -0.460 e. The molecule has 0 saturated carbocycles. The summed E-state index contributed by atoms with van der Waals surface area (Å²) in [4.78, 5) is 42.9. The molecule has 1 aromatic carbocycles. The Bertz CT molecular complexity index is 1660. The highest BCUT2D eigenvalue weighted by atomic mass is 19.4. The van der Waals surface area contributed by atoms with Crippen LogP contribution in [0.25, 0.3) is 22.3 Å². The van der Waals surface area contributed by atoms with Crippen LogP contribution >= 0.6 is 0 Å². The molecular formula is C27H23F4N3O4. The van der Waals surface area contributed by atoms with Crippen LogP contribution in [0, 0.1) is 12.7 Å². The quantitative estimate of drug-likeness (QED) is 0.310. The van der Waals surface area contributed by atoms with Gasteiger partial charge in [0.2, 0.25) is 5.91 Å². The molecule has 2 aromatic heterocycles. The Labute approximate surface area is 213 Å². The number of alkyl halides is 3. The summed E-state index contributed by atoms with van der Waals surface area (Å²) in [5.74, 6) is -2.18. The van der Waals surface area contributed by atoms with Crippen molar-refractivity contribution in [3.05, 3.63) is 61.7 Å². The molecule has 6 rings (SSSR count).